The van der Waals surface area contributed by atoms with E-state index in [0.29, 0.717) is 6.61 Å². The van der Waals surface area contributed by atoms with Crippen molar-refractivity contribution in [3.05, 3.63) is 60.3 Å². The van der Waals surface area contributed by atoms with Crippen LogP contribution in [0.4, 0.5) is 0 Å². The third-order valence-corrected chi connectivity index (χ3v) is 7.91. The average Bonchev–Trinajstić information content (AvgIpc) is 2.92. The standard InChI is InChI=1S/C34H51NO/c1-3-5-7-8-9-10-12-15-31-21-26-34(35-28-31)32-22-24-33(25-23-32)36-27-13-16-30-19-17-29(18-20-30)14-11-6-4-2/h13,16,21-26,28-30H,3-12,14-15,17-20,27H2,1-2H3. The molecule has 0 radical (unpaired) electrons. The largest absolute Gasteiger partial charge is 0.490 e. The number of allylic oxidation sites excluding steroid dienone is 1. The summed E-state index contributed by atoms with van der Waals surface area (Å²) < 4.78 is 5.97. The van der Waals surface area contributed by atoms with E-state index in [9.17, 15) is 0 Å². The Balaban J connectivity index is 1.32. The lowest BCUT2D eigenvalue weighted by molar-refractivity contribution is 0.288. The van der Waals surface area contributed by atoms with Gasteiger partial charge in [0.1, 0.15) is 12.4 Å². The molecule has 2 heteroatoms. The van der Waals surface area contributed by atoms with Gasteiger partial charge in [-0.25, -0.2) is 0 Å². The van der Waals surface area contributed by atoms with Gasteiger partial charge < -0.3 is 4.74 Å². The molecule has 0 N–H and O–H groups in total. The maximum atomic E-state index is 5.97. The van der Waals surface area contributed by atoms with Crippen molar-refractivity contribution >= 4 is 0 Å². The molecule has 1 aliphatic rings. The smallest absolute Gasteiger partial charge is 0.119 e. The summed E-state index contributed by atoms with van der Waals surface area (Å²) in [5.41, 5.74) is 3.54. The fraction of sp³-hybridized carbons (Fsp3) is 0.618. The van der Waals surface area contributed by atoms with Crippen LogP contribution in [0.2, 0.25) is 0 Å². The lowest BCUT2D eigenvalue weighted by atomic mass is 9.79. The molecule has 1 saturated carbocycles. The average molecular weight is 490 g/mol. The van der Waals surface area contributed by atoms with E-state index in [1.165, 1.54) is 102 Å². The first-order chi connectivity index (χ1) is 17.8. The van der Waals surface area contributed by atoms with Gasteiger partial charge in [-0.3, -0.25) is 4.98 Å². The van der Waals surface area contributed by atoms with E-state index in [-0.39, 0.29) is 0 Å². The van der Waals surface area contributed by atoms with Crippen molar-refractivity contribution in [1.82, 2.24) is 4.98 Å². The van der Waals surface area contributed by atoms with E-state index in [1.807, 2.05) is 0 Å². The lowest BCUT2D eigenvalue weighted by Gasteiger charge is -2.26. The lowest BCUT2D eigenvalue weighted by Crippen LogP contribution is -2.13. The van der Waals surface area contributed by atoms with E-state index in [2.05, 4.69) is 68.6 Å². The van der Waals surface area contributed by atoms with E-state index >= 15 is 0 Å². The molecule has 0 unspecified atom stereocenters. The number of hydrogen-bond acceptors (Lipinski definition) is 2. The summed E-state index contributed by atoms with van der Waals surface area (Å²) in [5.74, 6) is 2.66. The van der Waals surface area contributed by atoms with Gasteiger partial charge in [0.2, 0.25) is 0 Å². The Morgan fingerprint density at radius 1 is 0.778 bits per heavy atom. The summed E-state index contributed by atoms with van der Waals surface area (Å²) in [5, 5.41) is 0. The molecule has 0 bridgehead atoms. The molecule has 1 fully saturated rings. The highest BCUT2D eigenvalue weighted by molar-refractivity contribution is 5.60. The molecule has 3 rings (SSSR count). The van der Waals surface area contributed by atoms with Crippen LogP contribution in [-0.2, 0) is 6.42 Å². The third-order valence-electron chi connectivity index (χ3n) is 7.91. The highest BCUT2D eigenvalue weighted by Gasteiger charge is 2.18. The van der Waals surface area contributed by atoms with Crippen LogP contribution in [0.1, 0.15) is 116 Å². The van der Waals surface area contributed by atoms with E-state index in [0.717, 1.165) is 35.3 Å². The summed E-state index contributed by atoms with van der Waals surface area (Å²) in [7, 11) is 0. The molecule has 1 aromatic heterocycles. The van der Waals surface area contributed by atoms with Gasteiger partial charge in [-0.1, -0.05) is 96.3 Å². The summed E-state index contributed by atoms with van der Waals surface area (Å²) in [6.45, 7) is 5.23. The quantitative estimate of drug-likeness (QED) is 0.163. The maximum absolute atomic E-state index is 5.97. The van der Waals surface area contributed by atoms with Crippen LogP contribution in [0.25, 0.3) is 11.3 Å². The zero-order chi connectivity index (χ0) is 25.3. The number of benzene rings is 1. The predicted molar refractivity (Wildman–Crippen MR) is 156 cm³/mol. The van der Waals surface area contributed by atoms with Gasteiger partial charge in [0.15, 0.2) is 0 Å². The van der Waals surface area contributed by atoms with Gasteiger partial charge in [-0.05, 0) is 86.3 Å². The molecule has 2 nitrogen and oxygen atoms in total. The number of aryl methyl sites for hydroxylation is 1. The van der Waals surface area contributed by atoms with Gasteiger partial charge in [0.25, 0.3) is 0 Å². The molecule has 1 aromatic carbocycles. The molecule has 1 aliphatic carbocycles. The van der Waals surface area contributed by atoms with Crippen molar-refractivity contribution in [2.24, 2.45) is 11.8 Å². The topological polar surface area (TPSA) is 22.1 Å². The zero-order valence-electron chi connectivity index (χ0n) is 23.2. The Bertz CT molecular complexity index is 830. The summed E-state index contributed by atoms with van der Waals surface area (Å²) >= 11 is 0. The van der Waals surface area contributed by atoms with Crippen molar-refractivity contribution in [3.63, 3.8) is 0 Å². The van der Waals surface area contributed by atoms with Crippen LogP contribution in [0.5, 0.6) is 5.75 Å². The van der Waals surface area contributed by atoms with Gasteiger partial charge in [-0.15, -0.1) is 0 Å². The van der Waals surface area contributed by atoms with Crippen LogP contribution >= 0.6 is 0 Å². The minimum absolute atomic E-state index is 0.654. The Hall–Kier alpha value is -2.09. The summed E-state index contributed by atoms with van der Waals surface area (Å²) in [6.07, 6.45) is 28.4. The molecule has 198 valence electrons. The SMILES string of the molecule is CCCCCCCCCc1ccc(-c2ccc(OCC=CC3CCC(CCCCC)CC3)cc2)nc1. The van der Waals surface area contributed by atoms with E-state index in [1.54, 1.807) is 0 Å². The Morgan fingerprint density at radius 3 is 2.17 bits per heavy atom. The molecular weight excluding hydrogens is 438 g/mol. The first-order valence-electron chi connectivity index (χ1n) is 15.1. The fourth-order valence-electron chi connectivity index (χ4n) is 5.50. The van der Waals surface area contributed by atoms with Gasteiger partial charge in [0.05, 0.1) is 5.69 Å². The zero-order valence-corrected chi connectivity index (χ0v) is 23.2. The first-order valence-corrected chi connectivity index (χ1v) is 15.1. The van der Waals surface area contributed by atoms with Gasteiger partial charge >= 0.3 is 0 Å². The number of hydrogen-bond donors (Lipinski definition) is 0. The van der Waals surface area contributed by atoms with Crippen LogP contribution < -0.4 is 4.74 Å². The minimum atomic E-state index is 0.654. The molecule has 0 aliphatic heterocycles. The molecular formula is C34H51NO. The summed E-state index contributed by atoms with van der Waals surface area (Å²) in [4.78, 5) is 4.72. The van der Waals surface area contributed by atoms with Crippen molar-refractivity contribution in [3.8, 4) is 17.0 Å². The van der Waals surface area contributed by atoms with Crippen molar-refractivity contribution in [1.29, 1.82) is 0 Å². The first kappa shape index (κ1) is 28.5. The Labute approximate surface area is 222 Å². The second-order valence-electron chi connectivity index (χ2n) is 11.0. The van der Waals surface area contributed by atoms with Crippen LogP contribution in [0.3, 0.4) is 0 Å². The van der Waals surface area contributed by atoms with Crippen LogP contribution in [0, 0.1) is 11.8 Å². The number of rotatable bonds is 17. The van der Waals surface area contributed by atoms with Crippen molar-refractivity contribution < 1.29 is 4.74 Å². The fourth-order valence-corrected chi connectivity index (χ4v) is 5.50. The Kier molecular flexibility index (Phi) is 13.8. The molecule has 0 amide bonds. The Morgan fingerprint density at radius 2 is 1.47 bits per heavy atom. The number of aromatic nitrogens is 1. The highest BCUT2D eigenvalue weighted by atomic mass is 16.5. The predicted octanol–water partition coefficient (Wildman–Crippen LogP) is 10.4. The third kappa shape index (κ3) is 10.9. The monoisotopic (exact) mass is 489 g/mol. The second-order valence-corrected chi connectivity index (χ2v) is 11.0. The maximum Gasteiger partial charge on any atom is 0.119 e. The minimum Gasteiger partial charge on any atom is -0.490 e. The van der Waals surface area contributed by atoms with Crippen LogP contribution in [-0.4, -0.2) is 11.6 Å². The highest BCUT2D eigenvalue weighted by Crippen LogP contribution is 2.32. The van der Waals surface area contributed by atoms with E-state index in [4.69, 9.17) is 9.72 Å². The van der Waals surface area contributed by atoms with Crippen molar-refractivity contribution in [2.75, 3.05) is 6.61 Å². The normalized spacial score (nSPS) is 18.1. The molecule has 36 heavy (non-hydrogen) atoms. The second kappa shape index (κ2) is 17.4. The number of nitrogens with zero attached hydrogens (tertiary/aromatic N) is 1. The number of unbranched alkanes of at least 4 members (excludes halogenated alkanes) is 8. The molecule has 0 saturated heterocycles. The molecule has 0 atom stereocenters. The summed E-state index contributed by atoms with van der Waals surface area (Å²) in [6, 6.07) is 12.8. The van der Waals surface area contributed by atoms with E-state index < -0.39 is 0 Å². The van der Waals surface area contributed by atoms with Crippen molar-refractivity contribution in [2.45, 2.75) is 117 Å². The number of pyridine rings is 1. The number of ether oxygens (including phenoxy) is 1. The molecule has 1 heterocycles. The van der Waals surface area contributed by atoms with Crippen LogP contribution in [0.15, 0.2) is 54.7 Å². The van der Waals surface area contributed by atoms with Gasteiger partial charge in [-0.2, -0.15) is 0 Å². The van der Waals surface area contributed by atoms with Gasteiger partial charge in [0, 0.05) is 11.8 Å². The molecule has 0 spiro atoms. The molecule has 2 aromatic rings.